The van der Waals surface area contributed by atoms with Crippen molar-refractivity contribution in [3.05, 3.63) is 23.7 Å². The third-order valence-electron chi connectivity index (χ3n) is 3.59. The van der Waals surface area contributed by atoms with Gasteiger partial charge in [0.1, 0.15) is 12.0 Å². The van der Waals surface area contributed by atoms with Crippen LogP contribution in [0, 0.1) is 0 Å². The van der Waals surface area contributed by atoms with Crippen molar-refractivity contribution in [3.63, 3.8) is 0 Å². The van der Waals surface area contributed by atoms with E-state index in [4.69, 9.17) is 10.3 Å². The smallest absolute Gasteiger partial charge is 0.268 e. The molecular formula is C13H22N4O2. The van der Waals surface area contributed by atoms with Crippen LogP contribution in [-0.4, -0.2) is 48.4 Å². The van der Waals surface area contributed by atoms with Gasteiger partial charge in [-0.15, -0.1) is 0 Å². The monoisotopic (exact) mass is 266 g/mol. The fourth-order valence-electron chi connectivity index (χ4n) is 2.52. The van der Waals surface area contributed by atoms with Crippen LogP contribution in [0.25, 0.3) is 0 Å². The fraction of sp³-hybridized carbons (Fsp3) is 0.615. The summed E-state index contributed by atoms with van der Waals surface area (Å²) < 4.78 is 5.43. The summed E-state index contributed by atoms with van der Waals surface area (Å²) in [6.07, 6.45) is 2.60. The molecule has 1 aliphatic rings. The van der Waals surface area contributed by atoms with Crippen LogP contribution >= 0.6 is 0 Å². The van der Waals surface area contributed by atoms with Crippen LogP contribution in [0.2, 0.25) is 0 Å². The minimum atomic E-state index is -0.321. The van der Waals surface area contributed by atoms with E-state index in [0.29, 0.717) is 11.6 Å². The summed E-state index contributed by atoms with van der Waals surface area (Å²) in [6.45, 7) is 6.17. The molecule has 0 aromatic carbocycles. The molecule has 19 heavy (non-hydrogen) atoms. The molecule has 1 aromatic rings. The Hall–Kier alpha value is -1.37. The van der Waals surface area contributed by atoms with Gasteiger partial charge in [0.15, 0.2) is 0 Å². The quantitative estimate of drug-likeness (QED) is 0.471. The minimum Gasteiger partial charge on any atom is -0.467 e. The minimum absolute atomic E-state index is 0.321. The zero-order chi connectivity index (χ0) is 13.8. The Morgan fingerprint density at radius 2 is 2.37 bits per heavy atom. The Morgan fingerprint density at radius 1 is 1.58 bits per heavy atom. The zero-order valence-corrected chi connectivity index (χ0v) is 11.6. The van der Waals surface area contributed by atoms with E-state index in [1.807, 2.05) is 0 Å². The predicted molar refractivity (Wildman–Crippen MR) is 72.3 cm³/mol. The van der Waals surface area contributed by atoms with Crippen molar-refractivity contribution in [2.75, 3.05) is 26.7 Å². The van der Waals surface area contributed by atoms with Crippen molar-refractivity contribution >= 4 is 5.91 Å². The Bertz CT molecular complexity index is 432. The number of rotatable bonds is 3. The van der Waals surface area contributed by atoms with E-state index in [2.05, 4.69) is 29.2 Å². The van der Waals surface area contributed by atoms with Gasteiger partial charge < -0.3 is 9.32 Å². The molecule has 0 saturated carbocycles. The van der Waals surface area contributed by atoms with Gasteiger partial charge in [0.2, 0.25) is 0 Å². The molecule has 106 valence electrons. The van der Waals surface area contributed by atoms with Gasteiger partial charge in [-0.05, 0) is 33.0 Å². The first-order valence-corrected chi connectivity index (χ1v) is 6.61. The maximum absolute atomic E-state index is 11.4. The van der Waals surface area contributed by atoms with Gasteiger partial charge >= 0.3 is 0 Å². The molecule has 1 atom stereocenters. The summed E-state index contributed by atoms with van der Waals surface area (Å²) >= 11 is 0. The zero-order valence-electron chi connectivity index (χ0n) is 11.6. The molecule has 0 bridgehead atoms. The first kappa shape index (κ1) is 14.0. The van der Waals surface area contributed by atoms with Crippen LogP contribution in [0.3, 0.4) is 0 Å². The number of nitrogens with one attached hydrogen (secondary N) is 1. The average molecular weight is 266 g/mol. The van der Waals surface area contributed by atoms with Crippen LogP contribution in [0.4, 0.5) is 0 Å². The number of nitrogens with zero attached hydrogens (tertiary/aromatic N) is 2. The van der Waals surface area contributed by atoms with E-state index in [-0.39, 0.29) is 5.91 Å². The van der Waals surface area contributed by atoms with Gasteiger partial charge in [-0.2, -0.15) is 0 Å². The van der Waals surface area contributed by atoms with Crippen LogP contribution in [0.1, 0.15) is 29.5 Å². The third-order valence-corrected chi connectivity index (χ3v) is 3.59. The summed E-state index contributed by atoms with van der Waals surface area (Å²) in [7, 11) is 2.15. The molecule has 1 aliphatic heterocycles. The molecule has 0 aliphatic carbocycles. The van der Waals surface area contributed by atoms with E-state index < -0.39 is 0 Å². The Morgan fingerprint density at radius 3 is 3.11 bits per heavy atom. The number of likely N-dealkylation sites (N-methyl/N-ethyl adjacent to an activating group) is 1. The molecule has 3 N–H and O–H groups in total. The lowest BCUT2D eigenvalue weighted by Gasteiger charge is -2.26. The van der Waals surface area contributed by atoms with Crippen LogP contribution in [0.5, 0.6) is 0 Å². The second-order valence-corrected chi connectivity index (χ2v) is 5.21. The van der Waals surface area contributed by atoms with E-state index >= 15 is 0 Å². The third kappa shape index (κ3) is 3.56. The van der Waals surface area contributed by atoms with E-state index in [1.165, 1.54) is 6.26 Å². The van der Waals surface area contributed by atoms with Gasteiger partial charge in [0.25, 0.3) is 5.91 Å². The van der Waals surface area contributed by atoms with Crippen molar-refractivity contribution in [1.29, 1.82) is 0 Å². The Kier molecular flexibility index (Phi) is 4.57. The van der Waals surface area contributed by atoms with Crippen molar-refractivity contribution in [3.8, 4) is 0 Å². The number of nitrogen functional groups attached to an aromatic ring is 1. The topological polar surface area (TPSA) is 74.7 Å². The van der Waals surface area contributed by atoms with Crippen molar-refractivity contribution in [2.45, 2.75) is 25.9 Å². The summed E-state index contributed by atoms with van der Waals surface area (Å²) in [4.78, 5) is 16.1. The molecule has 1 saturated heterocycles. The van der Waals surface area contributed by atoms with Gasteiger partial charge in [0, 0.05) is 19.1 Å². The predicted octanol–water partition coefficient (Wildman–Crippen LogP) is 0.409. The molecule has 0 spiro atoms. The highest BCUT2D eigenvalue weighted by atomic mass is 16.3. The lowest BCUT2D eigenvalue weighted by Crippen LogP contribution is -2.37. The number of hydrogen-bond acceptors (Lipinski definition) is 5. The Labute approximate surface area is 113 Å². The standard InChI is InChI=1S/C13H22N4O2/c1-10-7-16(2)4-3-5-17(10)8-12-6-11(9-19-12)13(18)15-14/h6,9-10H,3-5,7-8,14H2,1-2H3,(H,15,18). The SMILES string of the molecule is CC1CN(C)CCCN1Cc1cc(C(=O)NN)co1. The van der Waals surface area contributed by atoms with E-state index in [0.717, 1.165) is 38.4 Å². The van der Waals surface area contributed by atoms with Crippen LogP contribution < -0.4 is 11.3 Å². The highest BCUT2D eigenvalue weighted by molar-refractivity contribution is 5.93. The van der Waals surface area contributed by atoms with Crippen molar-refractivity contribution in [1.82, 2.24) is 15.2 Å². The number of hydrazine groups is 1. The first-order valence-electron chi connectivity index (χ1n) is 6.61. The first-order chi connectivity index (χ1) is 9.10. The van der Waals surface area contributed by atoms with Crippen LogP contribution in [0.15, 0.2) is 16.7 Å². The molecule has 6 nitrogen and oxygen atoms in total. The molecule has 1 unspecified atom stereocenters. The molecule has 2 heterocycles. The largest absolute Gasteiger partial charge is 0.467 e. The highest BCUT2D eigenvalue weighted by Crippen LogP contribution is 2.15. The molecule has 2 rings (SSSR count). The number of carbonyl (C=O) groups is 1. The number of hydrogen-bond donors (Lipinski definition) is 2. The maximum atomic E-state index is 11.4. The van der Waals surface area contributed by atoms with Gasteiger partial charge in [-0.1, -0.05) is 0 Å². The highest BCUT2D eigenvalue weighted by Gasteiger charge is 2.21. The fourth-order valence-corrected chi connectivity index (χ4v) is 2.52. The van der Waals surface area contributed by atoms with E-state index in [1.54, 1.807) is 6.07 Å². The lowest BCUT2D eigenvalue weighted by atomic mass is 10.2. The average Bonchev–Trinajstić information content (AvgIpc) is 2.78. The normalized spacial score (nSPS) is 22.2. The number of furan rings is 1. The van der Waals surface area contributed by atoms with E-state index in [9.17, 15) is 4.79 Å². The second kappa shape index (κ2) is 6.18. The Balaban J connectivity index is 1.99. The molecule has 0 radical (unpaired) electrons. The molecule has 1 aromatic heterocycles. The summed E-state index contributed by atoms with van der Waals surface area (Å²) in [6, 6.07) is 2.23. The lowest BCUT2D eigenvalue weighted by molar-refractivity contribution is 0.0953. The van der Waals surface area contributed by atoms with Crippen molar-refractivity contribution in [2.24, 2.45) is 5.84 Å². The van der Waals surface area contributed by atoms with Crippen LogP contribution in [-0.2, 0) is 6.54 Å². The van der Waals surface area contributed by atoms with Gasteiger partial charge in [-0.3, -0.25) is 15.1 Å². The number of carbonyl (C=O) groups excluding carboxylic acids is 1. The molecule has 1 fully saturated rings. The summed E-state index contributed by atoms with van der Waals surface area (Å²) in [5.74, 6) is 5.58. The maximum Gasteiger partial charge on any atom is 0.268 e. The molecule has 1 amide bonds. The van der Waals surface area contributed by atoms with Crippen molar-refractivity contribution < 1.29 is 9.21 Å². The summed E-state index contributed by atoms with van der Waals surface area (Å²) in [5.41, 5.74) is 2.57. The second-order valence-electron chi connectivity index (χ2n) is 5.21. The van der Waals surface area contributed by atoms with Gasteiger partial charge in [0.05, 0.1) is 12.1 Å². The summed E-state index contributed by atoms with van der Waals surface area (Å²) in [5, 5.41) is 0. The number of amides is 1. The number of nitrogens with two attached hydrogens (primary N) is 1. The molecule has 6 heteroatoms. The molecular weight excluding hydrogens is 244 g/mol. The van der Waals surface area contributed by atoms with Gasteiger partial charge in [-0.25, -0.2) is 5.84 Å².